The van der Waals surface area contributed by atoms with Gasteiger partial charge in [-0.3, -0.25) is 14.2 Å². The first kappa shape index (κ1) is 21.2. The van der Waals surface area contributed by atoms with Gasteiger partial charge in [0.25, 0.3) is 5.91 Å². The first-order valence-corrected chi connectivity index (χ1v) is 11.4. The summed E-state index contributed by atoms with van der Waals surface area (Å²) in [5.74, 6) is 0.633. The molecule has 1 aliphatic heterocycles. The molecule has 0 unspecified atom stereocenters. The zero-order valence-electron chi connectivity index (χ0n) is 17.9. The maximum Gasteiger partial charge on any atom is 0.272 e. The molecule has 0 saturated carbocycles. The molecule has 4 rings (SSSR count). The van der Waals surface area contributed by atoms with E-state index in [1.807, 2.05) is 55.0 Å². The van der Waals surface area contributed by atoms with Crippen molar-refractivity contribution in [3.63, 3.8) is 0 Å². The number of nitrogens with zero attached hydrogens (tertiary/aromatic N) is 5. The number of rotatable bonds is 5. The molecule has 2 aromatic heterocycles. The molecule has 1 saturated heterocycles. The lowest BCUT2D eigenvalue weighted by Gasteiger charge is -2.35. The van der Waals surface area contributed by atoms with Gasteiger partial charge in [-0.15, -0.1) is 0 Å². The average molecular weight is 440 g/mol. The Balaban J connectivity index is 1.45. The van der Waals surface area contributed by atoms with Gasteiger partial charge in [0.1, 0.15) is 11.5 Å². The Kier molecular flexibility index (Phi) is 6.13. The lowest BCUT2D eigenvalue weighted by Crippen LogP contribution is -2.51. The highest BCUT2D eigenvalue weighted by molar-refractivity contribution is 7.98. The number of imidazole rings is 1. The first-order chi connectivity index (χ1) is 15.0. The van der Waals surface area contributed by atoms with E-state index in [4.69, 9.17) is 4.52 Å². The van der Waals surface area contributed by atoms with Gasteiger partial charge in [0.05, 0.1) is 18.3 Å². The molecule has 0 aliphatic carbocycles. The number of aromatic nitrogens is 3. The number of hydrogen-bond donors (Lipinski definition) is 0. The maximum absolute atomic E-state index is 13.3. The van der Waals surface area contributed by atoms with E-state index in [2.05, 4.69) is 10.1 Å². The third-order valence-electron chi connectivity index (χ3n) is 5.57. The molecule has 3 aromatic rings. The summed E-state index contributed by atoms with van der Waals surface area (Å²) >= 11 is 1.50. The van der Waals surface area contributed by atoms with Gasteiger partial charge in [-0.2, -0.15) is 0 Å². The predicted octanol–water partition coefficient (Wildman–Crippen LogP) is 2.73. The Hall–Kier alpha value is -3.07. The van der Waals surface area contributed by atoms with Crippen molar-refractivity contribution in [2.45, 2.75) is 25.4 Å². The summed E-state index contributed by atoms with van der Waals surface area (Å²) in [7, 11) is 0. The molecule has 0 spiro atoms. The summed E-state index contributed by atoms with van der Waals surface area (Å²) in [6, 6.07) is 9.75. The van der Waals surface area contributed by atoms with E-state index in [0.29, 0.717) is 37.6 Å². The van der Waals surface area contributed by atoms with Crippen molar-refractivity contribution in [3.8, 4) is 5.69 Å². The molecule has 0 radical (unpaired) electrons. The van der Waals surface area contributed by atoms with Crippen molar-refractivity contribution in [1.82, 2.24) is 24.5 Å². The number of thioether (sulfide) groups is 1. The number of piperazine rings is 1. The van der Waals surface area contributed by atoms with Gasteiger partial charge in [0.15, 0.2) is 5.16 Å². The highest BCUT2D eigenvalue weighted by atomic mass is 32.2. The topological polar surface area (TPSA) is 84.5 Å². The van der Waals surface area contributed by atoms with Gasteiger partial charge < -0.3 is 14.3 Å². The lowest BCUT2D eigenvalue weighted by atomic mass is 10.1. The monoisotopic (exact) mass is 439 g/mol. The van der Waals surface area contributed by atoms with Crippen molar-refractivity contribution < 1.29 is 14.1 Å². The van der Waals surface area contributed by atoms with Crippen LogP contribution in [0.15, 0.2) is 46.2 Å². The molecule has 31 heavy (non-hydrogen) atoms. The van der Waals surface area contributed by atoms with E-state index in [1.165, 1.54) is 11.8 Å². The largest absolute Gasteiger partial charge is 0.361 e. The van der Waals surface area contributed by atoms with Gasteiger partial charge in [-0.25, -0.2) is 4.98 Å². The minimum atomic E-state index is -0.0746. The fraction of sp³-hybridized carbons (Fsp3) is 0.364. The van der Waals surface area contributed by atoms with Crippen LogP contribution in [0.3, 0.4) is 0 Å². The van der Waals surface area contributed by atoms with E-state index in [0.717, 1.165) is 22.1 Å². The summed E-state index contributed by atoms with van der Waals surface area (Å²) in [4.78, 5) is 34.0. The van der Waals surface area contributed by atoms with Crippen LogP contribution < -0.4 is 0 Å². The molecule has 0 atom stereocenters. The quantitative estimate of drug-likeness (QED) is 0.569. The van der Waals surface area contributed by atoms with Crippen molar-refractivity contribution in [2.24, 2.45) is 0 Å². The zero-order valence-corrected chi connectivity index (χ0v) is 18.7. The van der Waals surface area contributed by atoms with Gasteiger partial charge in [0, 0.05) is 37.4 Å². The first-order valence-electron chi connectivity index (χ1n) is 10.2. The summed E-state index contributed by atoms with van der Waals surface area (Å²) in [5, 5.41) is 4.68. The molecule has 2 amide bonds. The van der Waals surface area contributed by atoms with E-state index >= 15 is 0 Å². The number of hydrogen-bond acceptors (Lipinski definition) is 6. The second-order valence-electron chi connectivity index (χ2n) is 7.45. The Morgan fingerprint density at radius 3 is 2.35 bits per heavy atom. The smallest absolute Gasteiger partial charge is 0.272 e. The molecule has 0 N–H and O–H groups in total. The molecule has 9 heteroatoms. The third kappa shape index (κ3) is 4.23. The summed E-state index contributed by atoms with van der Waals surface area (Å²) in [6.07, 6.45) is 3.85. The van der Waals surface area contributed by atoms with Crippen LogP contribution in [-0.4, -0.2) is 68.8 Å². The second kappa shape index (κ2) is 8.97. The van der Waals surface area contributed by atoms with Gasteiger partial charge in [-0.1, -0.05) is 35.1 Å². The number of carbonyl (C=O) groups excluding carboxylic acids is 2. The van der Waals surface area contributed by atoms with Gasteiger partial charge >= 0.3 is 0 Å². The SMILES string of the molecule is CSc1ncc(C(=O)N2CCN(C(=O)Cc3c(C)noc3C)CC2)n1-c1ccccc1. The van der Waals surface area contributed by atoms with Crippen molar-refractivity contribution in [2.75, 3.05) is 32.4 Å². The zero-order chi connectivity index (χ0) is 22.0. The van der Waals surface area contributed by atoms with Crippen LogP contribution in [0.1, 0.15) is 27.5 Å². The molecular weight excluding hydrogens is 414 g/mol. The Morgan fingerprint density at radius 1 is 1.06 bits per heavy atom. The highest BCUT2D eigenvalue weighted by Crippen LogP contribution is 2.23. The fourth-order valence-electron chi connectivity index (χ4n) is 3.79. The van der Waals surface area contributed by atoms with Crippen LogP contribution in [0.4, 0.5) is 0 Å². The third-order valence-corrected chi connectivity index (χ3v) is 6.23. The highest BCUT2D eigenvalue weighted by Gasteiger charge is 2.28. The maximum atomic E-state index is 13.3. The summed E-state index contributed by atoms with van der Waals surface area (Å²) in [5.41, 5.74) is 3.03. The summed E-state index contributed by atoms with van der Waals surface area (Å²) in [6.45, 7) is 5.64. The number of para-hydroxylation sites is 1. The van der Waals surface area contributed by atoms with Gasteiger partial charge in [0.2, 0.25) is 5.91 Å². The normalized spacial score (nSPS) is 14.2. The minimum Gasteiger partial charge on any atom is -0.361 e. The van der Waals surface area contributed by atoms with E-state index in [1.54, 1.807) is 16.0 Å². The summed E-state index contributed by atoms with van der Waals surface area (Å²) < 4.78 is 7.05. The molecule has 1 aliphatic rings. The fourth-order valence-corrected chi connectivity index (χ4v) is 4.34. The average Bonchev–Trinajstić information content (AvgIpc) is 3.37. The predicted molar refractivity (Wildman–Crippen MR) is 118 cm³/mol. The van der Waals surface area contributed by atoms with Crippen LogP contribution in [0, 0.1) is 13.8 Å². The molecule has 162 valence electrons. The second-order valence-corrected chi connectivity index (χ2v) is 8.23. The van der Waals surface area contributed by atoms with Crippen molar-refractivity contribution in [1.29, 1.82) is 0 Å². The molecular formula is C22H25N5O3S. The van der Waals surface area contributed by atoms with Crippen LogP contribution >= 0.6 is 11.8 Å². The van der Waals surface area contributed by atoms with Crippen LogP contribution in [0.5, 0.6) is 0 Å². The molecule has 1 fully saturated rings. The minimum absolute atomic E-state index is 0.0282. The molecule has 3 heterocycles. The van der Waals surface area contributed by atoms with Crippen LogP contribution in [-0.2, 0) is 11.2 Å². The van der Waals surface area contributed by atoms with E-state index in [9.17, 15) is 9.59 Å². The van der Waals surface area contributed by atoms with E-state index < -0.39 is 0 Å². The Bertz CT molecular complexity index is 1060. The van der Waals surface area contributed by atoms with Crippen molar-refractivity contribution >= 4 is 23.6 Å². The van der Waals surface area contributed by atoms with E-state index in [-0.39, 0.29) is 18.2 Å². The number of aryl methyl sites for hydroxylation is 2. The Morgan fingerprint density at radius 2 is 1.74 bits per heavy atom. The van der Waals surface area contributed by atoms with Gasteiger partial charge in [-0.05, 0) is 32.2 Å². The Labute approximate surface area is 185 Å². The number of benzene rings is 1. The molecule has 8 nitrogen and oxygen atoms in total. The number of amides is 2. The molecule has 1 aromatic carbocycles. The standard InChI is InChI=1S/C22H25N5O3S/c1-15-18(16(2)30-24-15)13-20(28)25-9-11-26(12-10-25)21(29)19-14-23-22(31-3)27(19)17-7-5-4-6-8-17/h4-8,14H,9-13H2,1-3H3. The van der Waals surface area contributed by atoms with Crippen LogP contribution in [0.2, 0.25) is 0 Å². The van der Waals surface area contributed by atoms with Crippen LogP contribution in [0.25, 0.3) is 5.69 Å². The lowest BCUT2D eigenvalue weighted by molar-refractivity contribution is -0.131. The molecule has 0 bridgehead atoms. The van der Waals surface area contributed by atoms with Crippen molar-refractivity contribution in [3.05, 3.63) is 59.2 Å². The number of carbonyl (C=O) groups is 2.